The highest BCUT2D eigenvalue weighted by molar-refractivity contribution is 5.37. The van der Waals surface area contributed by atoms with E-state index in [9.17, 15) is 15.3 Å². The summed E-state index contributed by atoms with van der Waals surface area (Å²) >= 11 is 0. The van der Waals surface area contributed by atoms with E-state index >= 15 is 0 Å². The zero-order chi connectivity index (χ0) is 13.0. The molecule has 0 saturated heterocycles. The Kier molecular flexibility index (Phi) is 4.93. The molecule has 4 heteroatoms. The molecule has 0 amide bonds. The lowest BCUT2D eigenvalue weighted by Crippen LogP contribution is -2.24. The first-order valence-electron chi connectivity index (χ1n) is 5.74. The molecule has 0 saturated carbocycles. The van der Waals surface area contributed by atoms with Gasteiger partial charge in [0.25, 0.3) is 0 Å². The van der Waals surface area contributed by atoms with E-state index in [2.05, 4.69) is 0 Å². The van der Waals surface area contributed by atoms with E-state index in [0.29, 0.717) is 12.0 Å². The lowest BCUT2D eigenvalue weighted by atomic mass is 9.92. The molecular formula is C13H20O4. The lowest BCUT2D eigenvalue weighted by Gasteiger charge is -2.19. The Bertz CT molecular complexity index is 362. The van der Waals surface area contributed by atoms with E-state index in [0.717, 1.165) is 5.56 Å². The van der Waals surface area contributed by atoms with Crippen molar-refractivity contribution in [1.29, 1.82) is 0 Å². The summed E-state index contributed by atoms with van der Waals surface area (Å²) in [4.78, 5) is 0. The van der Waals surface area contributed by atoms with Gasteiger partial charge in [-0.15, -0.1) is 0 Å². The minimum absolute atomic E-state index is 0.0468. The average molecular weight is 240 g/mol. The molecule has 4 nitrogen and oxygen atoms in total. The van der Waals surface area contributed by atoms with Crippen LogP contribution in [-0.4, -0.2) is 32.6 Å². The van der Waals surface area contributed by atoms with Crippen molar-refractivity contribution in [3.05, 3.63) is 29.3 Å². The van der Waals surface area contributed by atoms with Crippen molar-refractivity contribution in [1.82, 2.24) is 0 Å². The average Bonchev–Trinajstić information content (AvgIpc) is 2.29. The summed E-state index contributed by atoms with van der Waals surface area (Å²) in [6, 6.07) is 5.01. The highest BCUT2D eigenvalue weighted by atomic mass is 16.3. The number of phenols is 1. The van der Waals surface area contributed by atoms with Crippen LogP contribution in [0.5, 0.6) is 5.75 Å². The minimum atomic E-state index is -0.767. The maximum Gasteiger partial charge on any atom is 0.121 e. The number of aliphatic hydroxyl groups is 3. The van der Waals surface area contributed by atoms with Gasteiger partial charge in [-0.2, -0.15) is 0 Å². The fourth-order valence-corrected chi connectivity index (χ4v) is 1.73. The Morgan fingerprint density at radius 3 is 2.35 bits per heavy atom. The summed E-state index contributed by atoms with van der Waals surface area (Å²) in [5.74, 6) is 0.116. The fourth-order valence-electron chi connectivity index (χ4n) is 1.73. The van der Waals surface area contributed by atoms with Crippen LogP contribution >= 0.6 is 0 Å². The maximum absolute atomic E-state index is 9.59. The first-order valence-corrected chi connectivity index (χ1v) is 5.74. The number of aromatic hydroxyl groups is 1. The van der Waals surface area contributed by atoms with Crippen LogP contribution in [0.1, 0.15) is 37.3 Å². The summed E-state index contributed by atoms with van der Waals surface area (Å²) in [6.45, 7) is 3.26. The van der Waals surface area contributed by atoms with Gasteiger partial charge < -0.3 is 20.4 Å². The van der Waals surface area contributed by atoms with Crippen LogP contribution in [0.2, 0.25) is 0 Å². The molecule has 3 atom stereocenters. The minimum Gasteiger partial charge on any atom is -0.508 e. The lowest BCUT2D eigenvalue weighted by molar-refractivity contribution is 0.0227. The number of hydrogen-bond donors (Lipinski definition) is 4. The predicted molar refractivity (Wildman–Crippen MR) is 64.7 cm³/mol. The molecule has 0 radical (unpaired) electrons. The van der Waals surface area contributed by atoms with Crippen molar-refractivity contribution in [2.24, 2.45) is 0 Å². The van der Waals surface area contributed by atoms with Crippen LogP contribution in [0.15, 0.2) is 18.2 Å². The van der Waals surface area contributed by atoms with Gasteiger partial charge in [-0.1, -0.05) is 13.0 Å². The van der Waals surface area contributed by atoms with Crippen molar-refractivity contribution in [3.8, 4) is 5.75 Å². The Labute approximate surface area is 101 Å². The molecule has 1 aromatic rings. The van der Waals surface area contributed by atoms with Crippen molar-refractivity contribution < 1.29 is 20.4 Å². The quantitative estimate of drug-likeness (QED) is 0.621. The molecule has 0 aromatic heterocycles. The summed E-state index contributed by atoms with van der Waals surface area (Å²) in [7, 11) is 0. The Morgan fingerprint density at radius 1 is 1.18 bits per heavy atom. The zero-order valence-corrected chi connectivity index (χ0v) is 10.2. The van der Waals surface area contributed by atoms with Gasteiger partial charge in [-0.3, -0.25) is 0 Å². The molecule has 0 fully saturated rings. The van der Waals surface area contributed by atoms with E-state index in [1.54, 1.807) is 19.1 Å². The molecule has 0 aliphatic carbocycles. The van der Waals surface area contributed by atoms with E-state index in [1.807, 2.05) is 6.92 Å². The highest BCUT2D eigenvalue weighted by Crippen LogP contribution is 2.26. The second-order valence-corrected chi connectivity index (χ2v) is 4.49. The second kappa shape index (κ2) is 6.00. The van der Waals surface area contributed by atoms with Crippen molar-refractivity contribution in [3.63, 3.8) is 0 Å². The van der Waals surface area contributed by atoms with E-state index in [4.69, 9.17) is 5.11 Å². The van der Waals surface area contributed by atoms with Crippen LogP contribution in [0.25, 0.3) is 0 Å². The van der Waals surface area contributed by atoms with Gasteiger partial charge in [-0.05, 0) is 37.0 Å². The van der Waals surface area contributed by atoms with Crippen molar-refractivity contribution in [2.75, 3.05) is 0 Å². The number of aliphatic hydroxyl groups excluding tert-OH is 3. The first-order chi connectivity index (χ1) is 7.95. The topological polar surface area (TPSA) is 80.9 Å². The van der Waals surface area contributed by atoms with Gasteiger partial charge in [0.05, 0.1) is 18.8 Å². The molecule has 0 aliphatic rings. The van der Waals surface area contributed by atoms with Crippen LogP contribution in [0.4, 0.5) is 0 Å². The Hall–Kier alpha value is -1.10. The third-order valence-electron chi connectivity index (χ3n) is 2.99. The smallest absolute Gasteiger partial charge is 0.121 e. The first kappa shape index (κ1) is 14.0. The van der Waals surface area contributed by atoms with Gasteiger partial charge in [0.1, 0.15) is 5.75 Å². The van der Waals surface area contributed by atoms with Crippen molar-refractivity contribution >= 4 is 0 Å². The van der Waals surface area contributed by atoms with Gasteiger partial charge >= 0.3 is 0 Å². The summed E-state index contributed by atoms with van der Waals surface area (Å²) in [5, 5.41) is 37.3. The van der Waals surface area contributed by atoms with E-state index < -0.39 is 12.2 Å². The summed E-state index contributed by atoms with van der Waals surface area (Å²) in [6.07, 6.45) is -1.09. The summed E-state index contributed by atoms with van der Waals surface area (Å²) in [5.41, 5.74) is 1.40. The zero-order valence-electron chi connectivity index (χ0n) is 10.2. The Balaban J connectivity index is 2.78. The summed E-state index contributed by atoms with van der Waals surface area (Å²) < 4.78 is 0. The molecular weight excluding hydrogens is 220 g/mol. The molecule has 0 bridgehead atoms. The molecule has 4 N–H and O–H groups in total. The van der Waals surface area contributed by atoms with Crippen LogP contribution in [0, 0.1) is 0 Å². The molecule has 0 heterocycles. The van der Waals surface area contributed by atoms with Crippen LogP contribution < -0.4 is 0 Å². The van der Waals surface area contributed by atoms with Crippen LogP contribution in [0.3, 0.4) is 0 Å². The third kappa shape index (κ3) is 3.70. The maximum atomic E-state index is 9.59. The second-order valence-electron chi connectivity index (χ2n) is 4.49. The molecule has 17 heavy (non-hydrogen) atoms. The number of rotatable bonds is 5. The predicted octanol–water partition coefficient (Wildman–Crippen LogP) is 1.12. The van der Waals surface area contributed by atoms with Gasteiger partial charge in [-0.25, -0.2) is 0 Å². The molecule has 96 valence electrons. The van der Waals surface area contributed by atoms with Gasteiger partial charge in [0, 0.05) is 5.56 Å². The monoisotopic (exact) mass is 240 g/mol. The fraction of sp³-hybridized carbons (Fsp3) is 0.538. The van der Waals surface area contributed by atoms with Gasteiger partial charge in [0.15, 0.2) is 0 Å². The number of hydrogen-bond acceptors (Lipinski definition) is 4. The molecule has 3 unspecified atom stereocenters. The standard InChI is InChI=1S/C13H20O4/c1-8(5-13(17)9(2)15)10-3-4-12(16)11(6-10)7-14/h3-4,6,8-9,13-17H,5,7H2,1-2H3. The Morgan fingerprint density at radius 2 is 1.82 bits per heavy atom. The highest BCUT2D eigenvalue weighted by Gasteiger charge is 2.17. The van der Waals surface area contributed by atoms with Crippen LogP contribution in [-0.2, 0) is 6.61 Å². The molecule has 1 rings (SSSR count). The van der Waals surface area contributed by atoms with E-state index in [-0.39, 0.29) is 18.3 Å². The number of benzene rings is 1. The van der Waals surface area contributed by atoms with E-state index in [1.165, 1.54) is 6.07 Å². The van der Waals surface area contributed by atoms with Gasteiger partial charge in [0.2, 0.25) is 0 Å². The third-order valence-corrected chi connectivity index (χ3v) is 2.99. The van der Waals surface area contributed by atoms with Crippen molar-refractivity contribution in [2.45, 2.75) is 45.0 Å². The SMILES string of the molecule is CC(CC(O)C(C)O)c1ccc(O)c(CO)c1. The normalized spacial score (nSPS) is 16.5. The molecule has 0 spiro atoms. The molecule has 1 aromatic carbocycles. The largest absolute Gasteiger partial charge is 0.508 e. The molecule has 0 aliphatic heterocycles.